The van der Waals surface area contributed by atoms with E-state index < -0.39 is 10.0 Å². The summed E-state index contributed by atoms with van der Waals surface area (Å²) in [7, 11) is -3.55. The second kappa shape index (κ2) is 9.97. The lowest BCUT2D eigenvalue weighted by molar-refractivity contribution is 0.0950. The summed E-state index contributed by atoms with van der Waals surface area (Å²) < 4.78 is 32.7. The summed E-state index contributed by atoms with van der Waals surface area (Å²) >= 11 is 0. The van der Waals surface area contributed by atoms with Gasteiger partial charge in [-0.1, -0.05) is 48.5 Å². The minimum absolute atomic E-state index is 0.162. The van der Waals surface area contributed by atoms with Crippen LogP contribution in [0.5, 0.6) is 5.75 Å². The van der Waals surface area contributed by atoms with Crippen molar-refractivity contribution in [2.75, 3.05) is 13.1 Å². The smallest absolute Gasteiger partial charge is 0.251 e. The molecule has 3 aromatic carbocycles. The number of amides is 1. The van der Waals surface area contributed by atoms with Crippen LogP contribution < -0.4 is 10.1 Å². The molecule has 1 aliphatic heterocycles. The van der Waals surface area contributed by atoms with Crippen molar-refractivity contribution in [3.8, 4) is 5.75 Å². The number of carbonyl (C=O) groups is 1. The summed E-state index contributed by atoms with van der Waals surface area (Å²) in [5.74, 6) is 0.512. The third kappa shape index (κ3) is 5.36. The van der Waals surface area contributed by atoms with Crippen molar-refractivity contribution in [1.82, 2.24) is 9.62 Å². The first-order valence-corrected chi connectivity index (χ1v) is 12.1. The van der Waals surface area contributed by atoms with Crippen LogP contribution >= 0.6 is 0 Å². The predicted molar refractivity (Wildman–Crippen MR) is 123 cm³/mol. The Morgan fingerprint density at radius 3 is 2.28 bits per heavy atom. The van der Waals surface area contributed by atoms with Gasteiger partial charge in [-0.25, -0.2) is 8.42 Å². The van der Waals surface area contributed by atoms with Crippen LogP contribution in [-0.2, 0) is 23.2 Å². The zero-order valence-electron chi connectivity index (χ0n) is 17.7. The lowest BCUT2D eigenvalue weighted by Crippen LogP contribution is -2.28. The molecule has 1 aliphatic rings. The van der Waals surface area contributed by atoms with Crippen LogP contribution in [0.1, 0.15) is 34.3 Å². The number of benzene rings is 3. The Balaban J connectivity index is 1.33. The van der Waals surface area contributed by atoms with Gasteiger partial charge in [0.05, 0.1) is 4.90 Å². The fraction of sp³-hybridized carbons (Fsp3) is 0.240. The van der Waals surface area contributed by atoms with Crippen molar-refractivity contribution in [2.45, 2.75) is 30.9 Å². The molecule has 1 heterocycles. The van der Waals surface area contributed by atoms with Crippen molar-refractivity contribution in [1.29, 1.82) is 0 Å². The molecule has 0 aliphatic carbocycles. The molecule has 0 bridgehead atoms. The third-order valence-corrected chi connectivity index (χ3v) is 7.32. The van der Waals surface area contributed by atoms with Gasteiger partial charge in [0, 0.05) is 25.2 Å². The Hall–Kier alpha value is -3.16. The van der Waals surface area contributed by atoms with Crippen molar-refractivity contribution in [2.24, 2.45) is 0 Å². The molecule has 32 heavy (non-hydrogen) atoms. The Labute approximate surface area is 188 Å². The van der Waals surface area contributed by atoms with Crippen LogP contribution in [0.2, 0.25) is 0 Å². The summed E-state index contributed by atoms with van der Waals surface area (Å²) in [6, 6.07) is 23.7. The molecule has 0 saturated carbocycles. The first-order chi connectivity index (χ1) is 15.5. The Morgan fingerprint density at radius 2 is 1.56 bits per heavy atom. The SMILES string of the molecule is O=C(NCc1ccc(COc2ccccc2)cc1)c1cccc(S(=O)(=O)N2CCCC2)c1. The molecular weight excluding hydrogens is 424 g/mol. The van der Waals surface area contributed by atoms with E-state index in [-0.39, 0.29) is 10.8 Å². The molecule has 0 unspecified atom stereocenters. The normalized spacial score (nSPS) is 14.2. The fourth-order valence-electron chi connectivity index (χ4n) is 3.60. The predicted octanol–water partition coefficient (Wildman–Crippen LogP) is 3.98. The average Bonchev–Trinajstić information content (AvgIpc) is 3.39. The Bertz CT molecular complexity index is 1160. The molecule has 0 radical (unpaired) electrons. The van der Waals surface area contributed by atoms with E-state index in [2.05, 4.69) is 5.32 Å². The maximum atomic E-state index is 12.7. The maximum absolute atomic E-state index is 12.7. The van der Waals surface area contributed by atoms with Crippen LogP contribution in [0, 0.1) is 0 Å². The highest BCUT2D eigenvalue weighted by atomic mass is 32.2. The summed E-state index contributed by atoms with van der Waals surface area (Å²) in [6.07, 6.45) is 1.74. The summed E-state index contributed by atoms with van der Waals surface area (Å²) in [5.41, 5.74) is 2.31. The van der Waals surface area contributed by atoms with Gasteiger partial charge < -0.3 is 10.1 Å². The number of sulfonamides is 1. The standard InChI is InChI=1S/C25H26N2O4S/c28-25(22-7-6-10-24(17-22)32(29,30)27-15-4-5-16-27)26-18-20-11-13-21(14-12-20)19-31-23-8-2-1-3-9-23/h1-3,6-14,17H,4-5,15-16,18-19H2,(H,26,28). The molecule has 7 heteroatoms. The van der Waals surface area contributed by atoms with Gasteiger partial charge in [-0.2, -0.15) is 4.31 Å². The first kappa shape index (κ1) is 22.0. The fourth-order valence-corrected chi connectivity index (χ4v) is 5.16. The first-order valence-electron chi connectivity index (χ1n) is 10.7. The molecule has 1 N–H and O–H groups in total. The lowest BCUT2D eigenvalue weighted by atomic mass is 10.1. The molecular formula is C25H26N2O4S. The van der Waals surface area contributed by atoms with E-state index in [0.717, 1.165) is 29.7 Å². The number of ether oxygens (including phenoxy) is 1. The van der Waals surface area contributed by atoms with Gasteiger partial charge in [0.15, 0.2) is 0 Å². The zero-order chi connectivity index (χ0) is 22.4. The van der Waals surface area contributed by atoms with Crippen LogP contribution in [0.15, 0.2) is 83.8 Å². The minimum atomic E-state index is -3.55. The van der Waals surface area contributed by atoms with Gasteiger partial charge in [-0.3, -0.25) is 4.79 Å². The van der Waals surface area contributed by atoms with Crippen LogP contribution in [0.3, 0.4) is 0 Å². The van der Waals surface area contributed by atoms with Gasteiger partial charge in [0.25, 0.3) is 5.91 Å². The number of para-hydroxylation sites is 1. The highest BCUT2D eigenvalue weighted by Gasteiger charge is 2.27. The number of nitrogens with zero attached hydrogens (tertiary/aromatic N) is 1. The number of nitrogens with one attached hydrogen (secondary N) is 1. The van der Waals surface area contributed by atoms with E-state index in [1.165, 1.54) is 10.4 Å². The zero-order valence-corrected chi connectivity index (χ0v) is 18.6. The molecule has 3 aromatic rings. The summed E-state index contributed by atoms with van der Waals surface area (Å²) in [6.45, 7) is 1.88. The third-order valence-electron chi connectivity index (χ3n) is 5.42. The molecule has 0 aromatic heterocycles. The maximum Gasteiger partial charge on any atom is 0.251 e. The molecule has 1 saturated heterocycles. The van der Waals surface area contributed by atoms with Gasteiger partial charge in [-0.15, -0.1) is 0 Å². The van der Waals surface area contributed by atoms with E-state index in [1.807, 2.05) is 54.6 Å². The van der Waals surface area contributed by atoms with E-state index in [1.54, 1.807) is 18.2 Å². The van der Waals surface area contributed by atoms with Gasteiger partial charge in [0.1, 0.15) is 12.4 Å². The topological polar surface area (TPSA) is 75.7 Å². The van der Waals surface area contributed by atoms with Crippen LogP contribution in [0.25, 0.3) is 0 Å². The van der Waals surface area contributed by atoms with E-state index in [4.69, 9.17) is 4.74 Å². The van der Waals surface area contributed by atoms with Crippen LogP contribution in [0.4, 0.5) is 0 Å². The molecule has 6 nitrogen and oxygen atoms in total. The largest absolute Gasteiger partial charge is 0.489 e. The van der Waals surface area contributed by atoms with E-state index in [9.17, 15) is 13.2 Å². The van der Waals surface area contributed by atoms with Gasteiger partial charge >= 0.3 is 0 Å². The van der Waals surface area contributed by atoms with Crippen LogP contribution in [-0.4, -0.2) is 31.7 Å². The van der Waals surface area contributed by atoms with Gasteiger partial charge in [-0.05, 0) is 54.3 Å². The number of hydrogen-bond acceptors (Lipinski definition) is 4. The molecule has 1 amide bonds. The van der Waals surface area contributed by atoms with Crippen molar-refractivity contribution in [3.63, 3.8) is 0 Å². The number of carbonyl (C=O) groups excluding carboxylic acids is 1. The Kier molecular flexibility index (Phi) is 6.87. The average molecular weight is 451 g/mol. The number of rotatable bonds is 8. The monoisotopic (exact) mass is 450 g/mol. The molecule has 1 fully saturated rings. The highest BCUT2D eigenvalue weighted by molar-refractivity contribution is 7.89. The second-order valence-electron chi connectivity index (χ2n) is 7.74. The van der Waals surface area contributed by atoms with E-state index in [0.29, 0.717) is 31.8 Å². The van der Waals surface area contributed by atoms with Crippen molar-refractivity contribution in [3.05, 3.63) is 95.6 Å². The molecule has 4 rings (SSSR count). The highest BCUT2D eigenvalue weighted by Crippen LogP contribution is 2.21. The summed E-state index contributed by atoms with van der Waals surface area (Å²) in [4.78, 5) is 12.8. The van der Waals surface area contributed by atoms with Crippen molar-refractivity contribution >= 4 is 15.9 Å². The Morgan fingerprint density at radius 1 is 0.875 bits per heavy atom. The summed E-state index contributed by atoms with van der Waals surface area (Å²) in [5, 5.41) is 2.86. The molecule has 0 atom stereocenters. The molecule has 166 valence electrons. The minimum Gasteiger partial charge on any atom is -0.489 e. The lowest BCUT2D eigenvalue weighted by Gasteiger charge is -2.16. The van der Waals surface area contributed by atoms with Crippen molar-refractivity contribution < 1.29 is 17.9 Å². The molecule has 0 spiro atoms. The quantitative estimate of drug-likeness (QED) is 0.563. The number of hydrogen-bond donors (Lipinski definition) is 1. The second-order valence-corrected chi connectivity index (χ2v) is 9.68. The van der Waals surface area contributed by atoms with Gasteiger partial charge in [0.2, 0.25) is 10.0 Å². The van der Waals surface area contributed by atoms with E-state index >= 15 is 0 Å².